The fraction of sp³-hybridized carbons (Fsp3) is 0.632. The molecule has 0 amide bonds. The number of carboxylic acid groups (broad SMARTS) is 1. The molecule has 0 aliphatic carbocycles. The summed E-state index contributed by atoms with van der Waals surface area (Å²) in [5.41, 5.74) is 6.58. The normalized spacial score (nSPS) is 16.8. The summed E-state index contributed by atoms with van der Waals surface area (Å²) < 4.78 is 0. The molecule has 0 spiro atoms. The molecule has 0 bridgehead atoms. The van der Waals surface area contributed by atoms with E-state index in [0.717, 1.165) is 37.4 Å². The van der Waals surface area contributed by atoms with Crippen LogP contribution in [0.5, 0.6) is 0 Å². The third kappa shape index (κ3) is 4.83. The number of nitrogens with zero attached hydrogens (tertiary/aromatic N) is 5. The monoisotopic (exact) mass is 387 g/mol. The number of nitrogens with two attached hydrogens (primary N) is 1. The molecule has 152 valence electrons. The average molecular weight is 387 g/mol. The van der Waals surface area contributed by atoms with Gasteiger partial charge >= 0.3 is 5.97 Å². The Balaban J connectivity index is 1.71. The van der Waals surface area contributed by atoms with Crippen LogP contribution in [0.1, 0.15) is 44.0 Å². The third-order valence-corrected chi connectivity index (χ3v) is 5.34. The molecule has 1 saturated heterocycles. The summed E-state index contributed by atoms with van der Waals surface area (Å²) in [4.78, 5) is 18.7. The van der Waals surface area contributed by atoms with Gasteiger partial charge in [-0.2, -0.15) is 5.21 Å². The van der Waals surface area contributed by atoms with Crippen molar-refractivity contribution in [2.75, 3.05) is 24.5 Å². The molecule has 28 heavy (non-hydrogen) atoms. The van der Waals surface area contributed by atoms with Gasteiger partial charge in [-0.15, -0.1) is 10.2 Å². The topological polar surface area (TPSA) is 134 Å². The second-order valence-corrected chi connectivity index (χ2v) is 8.03. The van der Waals surface area contributed by atoms with Crippen molar-refractivity contribution in [2.45, 2.75) is 39.0 Å². The van der Waals surface area contributed by atoms with Crippen LogP contribution in [0.3, 0.4) is 0 Å². The quantitative estimate of drug-likeness (QED) is 0.558. The zero-order chi connectivity index (χ0) is 20.1. The van der Waals surface area contributed by atoms with E-state index < -0.39 is 11.9 Å². The van der Waals surface area contributed by atoms with Gasteiger partial charge in [0, 0.05) is 25.2 Å². The Morgan fingerprint density at radius 2 is 2.18 bits per heavy atom. The Kier molecular flexibility index (Phi) is 6.56. The van der Waals surface area contributed by atoms with Crippen LogP contribution in [0.4, 0.5) is 5.82 Å². The Bertz CT molecular complexity index is 742. The van der Waals surface area contributed by atoms with Crippen molar-refractivity contribution < 1.29 is 9.90 Å². The Labute approximate surface area is 164 Å². The Hall–Kier alpha value is -2.55. The molecule has 0 unspecified atom stereocenters. The largest absolute Gasteiger partial charge is 0.481 e. The molecule has 3 rings (SSSR count). The van der Waals surface area contributed by atoms with Crippen molar-refractivity contribution in [3.63, 3.8) is 0 Å². The molecule has 2 aromatic rings. The molecule has 9 heteroatoms. The van der Waals surface area contributed by atoms with Crippen molar-refractivity contribution >= 4 is 11.8 Å². The van der Waals surface area contributed by atoms with E-state index in [4.69, 9.17) is 5.73 Å². The molecule has 0 radical (unpaired) electrons. The number of carbonyl (C=O) groups is 1. The van der Waals surface area contributed by atoms with Gasteiger partial charge in [0.05, 0.1) is 5.92 Å². The fourth-order valence-electron chi connectivity index (χ4n) is 3.84. The highest BCUT2D eigenvalue weighted by atomic mass is 16.4. The van der Waals surface area contributed by atoms with E-state index in [1.165, 1.54) is 0 Å². The highest BCUT2D eigenvalue weighted by Crippen LogP contribution is 2.32. The van der Waals surface area contributed by atoms with Crippen molar-refractivity contribution in [3.05, 3.63) is 29.7 Å². The summed E-state index contributed by atoms with van der Waals surface area (Å²) in [5, 5.41) is 24.0. The highest BCUT2D eigenvalue weighted by molar-refractivity contribution is 5.71. The third-order valence-electron chi connectivity index (χ3n) is 5.34. The molecule has 2 atom stereocenters. The number of carboxylic acids is 1. The summed E-state index contributed by atoms with van der Waals surface area (Å²) in [6.07, 6.45) is 3.93. The van der Waals surface area contributed by atoms with Gasteiger partial charge in [-0.25, -0.2) is 4.98 Å². The molecule has 1 aliphatic rings. The first-order valence-electron chi connectivity index (χ1n) is 9.84. The number of H-pyrrole nitrogens is 1. The maximum atomic E-state index is 11.9. The zero-order valence-electron chi connectivity index (χ0n) is 16.5. The smallest absolute Gasteiger partial charge is 0.307 e. The van der Waals surface area contributed by atoms with Gasteiger partial charge in [0.2, 0.25) is 0 Å². The molecule has 0 saturated carbocycles. The number of tetrazole rings is 1. The summed E-state index contributed by atoms with van der Waals surface area (Å²) in [5.74, 6) is 0.522. The Morgan fingerprint density at radius 3 is 2.71 bits per heavy atom. The van der Waals surface area contributed by atoms with Crippen LogP contribution in [0, 0.1) is 17.8 Å². The second-order valence-electron chi connectivity index (χ2n) is 8.03. The van der Waals surface area contributed by atoms with Crippen LogP contribution < -0.4 is 10.6 Å². The second kappa shape index (κ2) is 9.09. The SMILES string of the molecule is CC(C)C[C@H](C(=O)O)[C@H](Cc1ccc(N2CC(CCN)C2)nc1)c1nn[nH]n1. The van der Waals surface area contributed by atoms with E-state index in [0.29, 0.717) is 24.6 Å². The zero-order valence-corrected chi connectivity index (χ0v) is 16.5. The lowest BCUT2D eigenvalue weighted by Crippen LogP contribution is -2.47. The lowest BCUT2D eigenvalue weighted by Gasteiger charge is -2.40. The number of nitrogens with one attached hydrogen (secondary N) is 1. The molecule has 1 fully saturated rings. The number of hydrogen-bond donors (Lipinski definition) is 3. The minimum absolute atomic E-state index is 0.254. The number of aromatic nitrogens is 5. The van der Waals surface area contributed by atoms with E-state index >= 15 is 0 Å². The fourth-order valence-corrected chi connectivity index (χ4v) is 3.84. The first-order chi connectivity index (χ1) is 13.5. The summed E-state index contributed by atoms with van der Waals surface area (Å²) >= 11 is 0. The lowest BCUT2D eigenvalue weighted by atomic mass is 9.81. The molecule has 0 aromatic carbocycles. The van der Waals surface area contributed by atoms with Crippen molar-refractivity contribution in [1.29, 1.82) is 0 Å². The maximum absolute atomic E-state index is 11.9. The van der Waals surface area contributed by atoms with Crippen LogP contribution >= 0.6 is 0 Å². The molecular weight excluding hydrogens is 358 g/mol. The van der Waals surface area contributed by atoms with Gasteiger partial charge in [0.15, 0.2) is 5.82 Å². The van der Waals surface area contributed by atoms with E-state index in [1.807, 2.05) is 32.2 Å². The van der Waals surface area contributed by atoms with Gasteiger partial charge in [0.1, 0.15) is 5.82 Å². The van der Waals surface area contributed by atoms with E-state index in [9.17, 15) is 9.90 Å². The molecule has 9 nitrogen and oxygen atoms in total. The maximum Gasteiger partial charge on any atom is 0.307 e. The van der Waals surface area contributed by atoms with Gasteiger partial charge in [-0.3, -0.25) is 4.79 Å². The van der Waals surface area contributed by atoms with Gasteiger partial charge in [-0.05, 0) is 49.3 Å². The summed E-state index contributed by atoms with van der Waals surface area (Å²) in [6, 6.07) is 4.01. The minimum Gasteiger partial charge on any atom is -0.481 e. The molecule has 4 N–H and O–H groups in total. The van der Waals surface area contributed by atoms with Crippen molar-refractivity contribution in [3.8, 4) is 0 Å². The van der Waals surface area contributed by atoms with Crippen LogP contribution in [-0.2, 0) is 11.2 Å². The number of aliphatic carboxylic acids is 1. The van der Waals surface area contributed by atoms with Crippen molar-refractivity contribution in [1.82, 2.24) is 25.6 Å². The standard InChI is InChI=1S/C19H29N7O2/c1-12(2)7-16(19(27)28)15(18-22-24-25-23-18)8-13-3-4-17(21-9-13)26-10-14(11-26)5-6-20/h3-4,9,12,14-16H,5-8,10-11,20H2,1-2H3,(H,27,28)(H,22,23,24,25)/t15-,16-/m0/s1. The number of anilines is 1. The molecular formula is C19H29N7O2. The van der Waals surface area contributed by atoms with Gasteiger partial charge < -0.3 is 15.7 Å². The van der Waals surface area contributed by atoms with Gasteiger partial charge in [0.25, 0.3) is 0 Å². The first-order valence-corrected chi connectivity index (χ1v) is 9.84. The van der Waals surface area contributed by atoms with Crippen LogP contribution in [0.15, 0.2) is 18.3 Å². The van der Waals surface area contributed by atoms with E-state index in [1.54, 1.807) is 0 Å². The molecule has 2 aromatic heterocycles. The number of rotatable bonds is 10. The summed E-state index contributed by atoms with van der Waals surface area (Å²) in [6.45, 7) is 6.74. The predicted octanol–water partition coefficient (Wildman–Crippen LogP) is 1.45. The average Bonchev–Trinajstić information content (AvgIpc) is 3.15. The van der Waals surface area contributed by atoms with Crippen LogP contribution in [0.2, 0.25) is 0 Å². The highest BCUT2D eigenvalue weighted by Gasteiger charge is 2.33. The minimum atomic E-state index is -0.834. The summed E-state index contributed by atoms with van der Waals surface area (Å²) in [7, 11) is 0. The van der Waals surface area contributed by atoms with Crippen molar-refractivity contribution in [2.24, 2.45) is 23.5 Å². The number of aromatic amines is 1. The van der Waals surface area contributed by atoms with Crippen LogP contribution in [0.25, 0.3) is 0 Å². The lowest BCUT2D eigenvalue weighted by molar-refractivity contribution is -0.143. The van der Waals surface area contributed by atoms with E-state index in [-0.39, 0.29) is 11.8 Å². The van der Waals surface area contributed by atoms with E-state index in [2.05, 4.69) is 30.5 Å². The number of hydrogen-bond acceptors (Lipinski definition) is 7. The van der Waals surface area contributed by atoms with Gasteiger partial charge in [-0.1, -0.05) is 25.1 Å². The molecule has 1 aliphatic heterocycles. The number of pyridine rings is 1. The first kappa shape index (κ1) is 20.2. The Morgan fingerprint density at radius 1 is 1.39 bits per heavy atom. The van der Waals surface area contributed by atoms with Crippen LogP contribution in [-0.4, -0.2) is 56.3 Å². The predicted molar refractivity (Wildman–Crippen MR) is 105 cm³/mol. The molecule has 3 heterocycles.